The number of aromatic hydroxyl groups is 1. The maximum atomic E-state index is 12.4. The van der Waals surface area contributed by atoms with E-state index in [9.17, 15) is 9.90 Å². The van der Waals surface area contributed by atoms with E-state index in [2.05, 4.69) is 10.4 Å². The van der Waals surface area contributed by atoms with E-state index in [1.54, 1.807) is 22.9 Å². The molecule has 28 heavy (non-hydrogen) atoms. The molecular formula is C22H20ClN3O2. The minimum Gasteiger partial charge on any atom is -0.508 e. The van der Waals surface area contributed by atoms with E-state index >= 15 is 0 Å². The summed E-state index contributed by atoms with van der Waals surface area (Å²) in [6.45, 7) is 1.86. The second-order valence-electron chi connectivity index (χ2n) is 6.82. The molecule has 2 N–H and O–H groups in total. The van der Waals surface area contributed by atoms with E-state index < -0.39 is 0 Å². The van der Waals surface area contributed by atoms with Crippen LogP contribution in [0.25, 0.3) is 11.8 Å². The normalized spacial score (nSPS) is 15.7. The van der Waals surface area contributed by atoms with Crippen LogP contribution in [0, 0.1) is 6.92 Å². The third kappa shape index (κ3) is 3.41. The fraction of sp³-hybridized carbons (Fsp3) is 0.182. The van der Waals surface area contributed by atoms with Gasteiger partial charge in [0.1, 0.15) is 10.9 Å². The van der Waals surface area contributed by atoms with Crippen molar-refractivity contribution >= 4 is 23.6 Å². The molecule has 0 saturated heterocycles. The number of halogens is 1. The molecule has 0 aliphatic heterocycles. The van der Waals surface area contributed by atoms with Crippen LogP contribution in [0.4, 0.5) is 0 Å². The zero-order chi connectivity index (χ0) is 19.7. The van der Waals surface area contributed by atoms with Crippen molar-refractivity contribution in [1.29, 1.82) is 0 Å². The lowest BCUT2D eigenvalue weighted by atomic mass is 10.1. The van der Waals surface area contributed by atoms with Gasteiger partial charge in [-0.05, 0) is 55.2 Å². The summed E-state index contributed by atoms with van der Waals surface area (Å²) in [4.78, 5) is 12.4. The number of benzene rings is 2. The van der Waals surface area contributed by atoms with Gasteiger partial charge in [0, 0.05) is 11.6 Å². The number of phenols is 1. The molecule has 0 spiro atoms. The highest BCUT2D eigenvalue weighted by molar-refractivity contribution is 6.31. The van der Waals surface area contributed by atoms with Crippen LogP contribution in [-0.4, -0.2) is 20.8 Å². The average molecular weight is 394 g/mol. The first kappa shape index (κ1) is 18.3. The van der Waals surface area contributed by atoms with E-state index in [0.717, 1.165) is 35.3 Å². The number of nitrogens with one attached hydrogen (secondary N) is 1. The fourth-order valence-corrected chi connectivity index (χ4v) is 3.94. The first-order valence-corrected chi connectivity index (χ1v) is 9.52. The Morgan fingerprint density at radius 3 is 2.82 bits per heavy atom. The van der Waals surface area contributed by atoms with Crippen LogP contribution in [-0.2, 0) is 11.2 Å². The third-order valence-corrected chi connectivity index (χ3v) is 5.38. The smallest absolute Gasteiger partial charge is 0.244 e. The van der Waals surface area contributed by atoms with E-state index in [4.69, 9.17) is 11.6 Å². The Kier molecular flexibility index (Phi) is 4.92. The van der Waals surface area contributed by atoms with Gasteiger partial charge in [-0.25, -0.2) is 4.68 Å². The molecule has 0 saturated carbocycles. The lowest BCUT2D eigenvalue weighted by Crippen LogP contribution is -2.25. The van der Waals surface area contributed by atoms with E-state index in [1.807, 2.05) is 43.3 Å². The van der Waals surface area contributed by atoms with Crippen molar-refractivity contribution in [2.75, 3.05) is 0 Å². The lowest BCUT2D eigenvalue weighted by molar-refractivity contribution is -0.117. The highest BCUT2D eigenvalue weighted by Crippen LogP contribution is 2.36. The van der Waals surface area contributed by atoms with E-state index in [1.165, 1.54) is 6.08 Å². The molecule has 1 atom stereocenters. The van der Waals surface area contributed by atoms with Crippen LogP contribution in [0.1, 0.15) is 34.8 Å². The van der Waals surface area contributed by atoms with Gasteiger partial charge in [-0.15, -0.1) is 0 Å². The van der Waals surface area contributed by atoms with Crippen molar-refractivity contribution in [1.82, 2.24) is 15.1 Å². The van der Waals surface area contributed by atoms with Gasteiger partial charge in [0.25, 0.3) is 0 Å². The number of nitrogens with zero attached hydrogens (tertiary/aromatic N) is 2. The summed E-state index contributed by atoms with van der Waals surface area (Å²) in [5.74, 6) is 0.0876. The molecule has 1 heterocycles. The van der Waals surface area contributed by atoms with Crippen molar-refractivity contribution in [3.05, 3.63) is 82.1 Å². The number of aryl methyl sites for hydroxylation is 1. The first-order valence-electron chi connectivity index (χ1n) is 9.14. The van der Waals surface area contributed by atoms with E-state index in [0.29, 0.717) is 16.5 Å². The number of fused-ring (bicyclic) bond motifs is 1. The van der Waals surface area contributed by atoms with Gasteiger partial charge in [0.05, 0.1) is 17.4 Å². The SMILES string of the molecule is Cc1nn(-c2ccccc2)c(Cl)c1C=CC(=O)NC1CCc2c(O)cccc21. The highest BCUT2D eigenvalue weighted by atomic mass is 35.5. The summed E-state index contributed by atoms with van der Waals surface area (Å²) in [5.41, 5.74) is 4.22. The number of aromatic nitrogens is 2. The Morgan fingerprint density at radius 1 is 1.25 bits per heavy atom. The lowest BCUT2D eigenvalue weighted by Gasteiger charge is -2.12. The molecule has 0 bridgehead atoms. The Balaban J connectivity index is 1.51. The van der Waals surface area contributed by atoms with Crippen molar-refractivity contribution in [3.8, 4) is 11.4 Å². The van der Waals surface area contributed by atoms with Crippen LogP contribution in [0.15, 0.2) is 54.6 Å². The predicted molar refractivity (Wildman–Crippen MR) is 110 cm³/mol. The van der Waals surface area contributed by atoms with Gasteiger partial charge in [0.15, 0.2) is 0 Å². The largest absolute Gasteiger partial charge is 0.508 e. The zero-order valence-electron chi connectivity index (χ0n) is 15.4. The van der Waals surface area contributed by atoms with Gasteiger partial charge < -0.3 is 10.4 Å². The van der Waals surface area contributed by atoms with Crippen LogP contribution >= 0.6 is 11.6 Å². The quantitative estimate of drug-likeness (QED) is 0.647. The molecule has 2 aromatic carbocycles. The Labute approximate surface area is 168 Å². The molecule has 1 aromatic heterocycles. The molecule has 4 rings (SSSR count). The van der Waals surface area contributed by atoms with Gasteiger partial charge in [0.2, 0.25) is 5.91 Å². The molecule has 0 radical (unpaired) electrons. The number of carbonyl (C=O) groups is 1. The molecule has 142 valence electrons. The van der Waals surface area contributed by atoms with Crippen LogP contribution in [0.3, 0.4) is 0 Å². The van der Waals surface area contributed by atoms with Gasteiger partial charge >= 0.3 is 0 Å². The van der Waals surface area contributed by atoms with Crippen LogP contribution in [0.2, 0.25) is 5.15 Å². The van der Waals surface area contributed by atoms with Gasteiger partial charge in [-0.3, -0.25) is 4.79 Å². The standard InChI is InChI=1S/C22H20ClN3O2/c1-14-16(22(23)26(25-14)15-6-3-2-4-7-15)11-13-21(28)24-19-12-10-18-17(19)8-5-9-20(18)27/h2-9,11,13,19,27H,10,12H2,1H3,(H,24,28). The second kappa shape index (κ2) is 7.52. The third-order valence-electron chi connectivity index (χ3n) is 5.01. The second-order valence-corrected chi connectivity index (χ2v) is 7.17. The summed E-state index contributed by atoms with van der Waals surface area (Å²) in [5, 5.41) is 17.9. The number of hydrogen-bond acceptors (Lipinski definition) is 3. The van der Waals surface area contributed by atoms with Crippen molar-refractivity contribution in [2.45, 2.75) is 25.8 Å². The minimum atomic E-state index is -0.205. The first-order chi connectivity index (χ1) is 13.5. The monoisotopic (exact) mass is 393 g/mol. The van der Waals surface area contributed by atoms with Crippen molar-refractivity contribution in [3.63, 3.8) is 0 Å². The number of amides is 1. The summed E-state index contributed by atoms with van der Waals surface area (Å²) in [6, 6.07) is 14.9. The topological polar surface area (TPSA) is 67.2 Å². The molecule has 1 unspecified atom stereocenters. The molecule has 3 aromatic rings. The number of rotatable bonds is 4. The predicted octanol–water partition coefficient (Wildman–Crippen LogP) is 4.36. The van der Waals surface area contributed by atoms with Crippen molar-refractivity contribution in [2.24, 2.45) is 0 Å². The van der Waals surface area contributed by atoms with Gasteiger partial charge in [-0.1, -0.05) is 41.9 Å². The summed E-state index contributed by atoms with van der Waals surface area (Å²) >= 11 is 6.49. The fourth-order valence-electron chi connectivity index (χ4n) is 3.60. The van der Waals surface area contributed by atoms with E-state index in [-0.39, 0.29) is 11.9 Å². The van der Waals surface area contributed by atoms with Crippen LogP contribution < -0.4 is 5.32 Å². The maximum absolute atomic E-state index is 12.4. The molecule has 1 amide bonds. The highest BCUT2D eigenvalue weighted by Gasteiger charge is 2.25. The summed E-state index contributed by atoms with van der Waals surface area (Å²) in [7, 11) is 0. The minimum absolute atomic E-state index is 0.0946. The molecule has 0 fully saturated rings. The molecule has 1 aliphatic rings. The summed E-state index contributed by atoms with van der Waals surface area (Å²) < 4.78 is 1.66. The molecule has 6 heteroatoms. The Bertz CT molecular complexity index is 1060. The van der Waals surface area contributed by atoms with Crippen LogP contribution in [0.5, 0.6) is 5.75 Å². The Hall–Kier alpha value is -3.05. The number of carbonyl (C=O) groups excluding carboxylic acids is 1. The van der Waals surface area contributed by atoms with Gasteiger partial charge in [-0.2, -0.15) is 5.10 Å². The molecule has 5 nitrogen and oxygen atoms in total. The molecule has 1 aliphatic carbocycles. The van der Waals surface area contributed by atoms with Crippen molar-refractivity contribution < 1.29 is 9.90 Å². The summed E-state index contributed by atoms with van der Waals surface area (Å²) in [6.07, 6.45) is 4.70. The maximum Gasteiger partial charge on any atom is 0.244 e. The number of para-hydroxylation sites is 1. The average Bonchev–Trinajstić information content (AvgIpc) is 3.23. The number of hydrogen-bond donors (Lipinski definition) is 2. The molecular weight excluding hydrogens is 374 g/mol. The Morgan fingerprint density at radius 2 is 2.04 bits per heavy atom. The zero-order valence-corrected chi connectivity index (χ0v) is 16.1. The number of phenolic OH excluding ortho intramolecular Hbond substituents is 1.